The number of hydrogen-bond acceptors (Lipinski definition) is 4. The standard InChI is InChI=1S/C33H37FN2O4/c1-6-40-32(39)23-13-8-12-22(19-23)29-26(30(37)35-25-15-9-14-24(20-25)33(3,4)5)16-10-18-36(29)31(38)28-21(2)11-7-17-27(28)34/h7-9,11-15,17,19-20,26,29H,6,10,16,18H2,1-5H3,(H,35,37)/t26-,29-/m0/s1. The largest absolute Gasteiger partial charge is 0.462 e. The topological polar surface area (TPSA) is 75.7 Å². The fraction of sp³-hybridized carbons (Fsp3) is 0.364. The third kappa shape index (κ3) is 6.24. The number of piperidine rings is 1. The number of carbonyl (C=O) groups is 3. The number of rotatable bonds is 6. The van der Waals surface area contributed by atoms with Crippen LogP contribution in [0.1, 0.15) is 84.0 Å². The summed E-state index contributed by atoms with van der Waals surface area (Å²) in [5.41, 5.74) is 3.13. The number of amides is 2. The summed E-state index contributed by atoms with van der Waals surface area (Å²) in [5, 5.41) is 3.06. The zero-order chi connectivity index (χ0) is 29.0. The summed E-state index contributed by atoms with van der Waals surface area (Å²) in [7, 11) is 0. The van der Waals surface area contributed by atoms with Crippen molar-refractivity contribution in [3.63, 3.8) is 0 Å². The normalized spacial score (nSPS) is 17.3. The van der Waals surface area contributed by atoms with Crippen molar-refractivity contribution in [3.8, 4) is 0 Å². The van der Waals surface area contributed by atoms with Gasteiger partial charge in [-0.05, 0) is 79.1 Å². The van der Waals surface area contributed by atoms with Gasteiger partial charge in [0.2, 0.25) is 5.91 Å². The number of likely N-dealkylation sites (tertiary alicyclic amines) is 1. The molecule has 1 aliphatic rings. The van der Waals surface area contributed by atoms with E-state index in [9.17, 15) is 18.8 Å². The molecule has 0 unspecified atom stereocenters. The van der Waals surface area contributed by atoms with E-state index in [1.807, 2.05) is 24.3 Å². The van der Waals surface area contributed by atoms with Crippen LogP contribution in [0.5, 0.6) is 0 Å². The Labute approximate surface area is 235 Å². The average molecular weight is 545 g/mol. The van der Waals surface area contributed by atoms with Crippen LogP contribution in [0.25, 0.3) is 0 Å². The number of nitrogens with one attached hydrogen (secondary N) is 1. The molecule has 2 atom stereocenters. The summed E-state index contributed by atoms with van der Waals surface area (Å²) in [4.78, 5) is 41.9. The second-order valence-corrected chi connectivity index (χ2v) is 11.3. The Bertz CT molecular complexity index is 1390. The van der Waals surface area contributed by atoms with E-state index in [4.69, 9.17) is 4.74 Å². The number of anilines is 1. The quantitative estimate of drug-likeness (QED) is 0.345. The van der Waals surface area contributed by atoms with Gasteiger partial charge < -0.3 is 15.0 Å². The van der Waals surface area contributed by atoms with Gasteiger partial charge in [0.1, 0.15) is 5.82 Å². The van der Waals surface area contributed by atoms with E-state index < -0.39 is 29.7 Å². The highest BCUT2D eigenvalue weighted by Crippen LogP contribution is 2.39. The van der Waals surface area contributed by atoms with Gasteiger partial charge in [0.25, 0.3) is 5.91 Å². The number of benzene rings is 3. The molecule has 0 radical (unpaired) electrons. The summed E-state index contributed by atoms with van der Waals surface area (Å²) in [5.74, 6) is -2.42. The molecule has 0 spiro atoms. The molecule has 1 N–H and O–H groups in total. The summed E-state index contributed by atoms with van der Waals surface area (Å²) in [6, 6.07) is 18.4. The highest BCUT2D eigenvalue weighted by Gasteiger charge is 2.41. The van der Waals surface area contributed by atoms with Gasteiger partial charge >= 0.3 is 5.97 Å². The van der Waals surface area contributed by atoms with Crippen molar-refractivity contribution >= 4 is 23.5 Å². The van der Waals surface area contributed by atoms with Crippen molar-refractivity contribution < 1.29 is 23.5 Å². The lowest BCUT2D eigenvalue weighted by molar-refractivity contribution is -0.123. The Morgan fingerprint density at radius 3 is 2.45 bits per heavy atom. The van der Waals surface area contributed by atoms with E-state index in [1.54, 1.807) is 55.1 Å². The van der Waals surface area contributed by atoms with Crippen molar-refractivity contribution in [2.45, 2.75) is 58.9 Å². The molecule has 40 heavy (non-hydrogen) atoms. The van der Waals surface area contributed by atoms with E-state index in [1.165, 1.54) is 6.07 Å². The molecule has 210 valence electrons. The maximum atomic E-state index is 14.9. The van der Waals surface area contributed by atoms with Crippen molar-refractivity contribution in [2.75, 3.05) is 18.5 Å². The summed E-state index contributed by atoms with van der Waals surface area (Å²) in [6.07, 6.45) is 1.10. The van der Waals surface area contributed by atoms with Gasteiger partial charge in [-0.3, -0.25) is 9.59 Å². The number of hydrogen-bond donors (Lipinski definition) is 1. The predicted octanol–water partition coefficient (Wildman–Crippen LogP) is 6.84. The van der Waals surface area contributed by atoms with Crippen molar-refractivity contribution in [1.82, 2.24) is 4.90 Å². The van der Waals surface area contributed by atoms with Crippen LogP contribution in [0.3, 0.4) is 0 Å². The SMILES string of the molecule is CCOC(=O)c1cccc([C@H]2[C@@H](C(=O)Nc3cccc(C(C)(C)C)c3)CCCN2C(=O)c2c(C)cccc2F)c1. The predicted molar refractivity (Wildman–Crippen MR) is 154 cm³/mol. The minimum absolute atomic E-state index is 0.00650. The first-order valence-electron chi connectivity index (χ1n) is 13.8. The van der Waals surface area contributed by atoms with Crippen LogP contribution >= 0.6 is 0 Å². The van der Waals surface area contributed by atoms with Crippen LogP contribution in [0, 0.1) is 18.7 Å². The molecule has 1 aliphatic heterocycles. The lowest BCUT2D eigenvalue weighted by Gasteiger charge is -2.41. The first-order chi connectivity index (χ1) is 19.0. The molecule has 3 aromatic rings. The lowest BCUT2D eigenvalue weighted by Crippen LogP contribution is -2.46. The van der Waals surface area contributed by atoms with Crippen molar-refractivity contribution in [1.29, 1.82) is 0 Å². The van der Waals surface area contributed by atoms with Crippen molar-refractivity contribution in [3.05, 3.63) is 100 Å². The van der Waals surface area contributed by atoms with Crippen LogP contribution in [0.15, 0.2) is 66.7 Å². The lowest BCUT2D eigenvalue weighted by atomic mass is 9.82. The van der Waals surface area contributed by atoms with Crippen LogP contribution < -0.4 is 5.32 Å². The molecular formula is C33H37FN2O4. The molecule has 7 heteroatoms. The molecule has 1 fully saturated rings. The molecule has 3 aromatic carbocycles. The minimum atomic E-state index is -0.708. The number of carbonyl (C=O) groups excluding carboxylic acids is 3. The molecule has 2 amide bonds. The third-order valence-corrected chi connectivity index (χ3v) is 7.40. The number of nitrogens with zero attached hydrogens (tertiary/aromatic N) is 1. The maximum absolute atomic E-state index is 14.9. The van der Waals surface area contributed by atoms with Gasteiger partial charge in [-0.2, -0.15) is 0 Å². The summed E-state index contributed by atoms with van der Waals surface area (Å²) >= 11 is 0. The maximum Gasteiger partial charge on any atom is 0.338 e. The monoisotopic (exact) mass is 544 g/mol. The molecule has 1 heterocycles. The Morgan fingerprint density at radius 2 is 1.75 bits per heavy atom. The average Bonchev–Trinajstić information content (AvgIpc) is 2.92. The third-order valence-electron chi connectivity index (χ3n) is 7.40. The second kappa shape index (κ2) is 12.0. The van der Waals surface area contributed by atoms with Gasteiger partial charge in [0, 0.05) is 12.2 Å². The van der Waals surface area contributed by atoms with Gasteiger partial charge in [-0.1, -0.05) is 57.2 Å². The van der Waals surface area contributed by atoms with Crippen LogP contribution in [-0.4, -0.2) is 35.8 Å². The summed E-state index contributed by atoms with van der Waals surface area (Å²) in [6.45, 7) is 10.3. The molecule has 1 saturated heterocycles. The van der Waals surface area contributed by atoms with Crippen LogP contribution in [0.4, 0.5) is 10.1 Å². The molecular weight excluding hydrogens is 507 g/mol. The highest BCUT2D eigenvalue weighted by atomic mass is 19.1. The molecule has 0 aliphatic carbocycles. The number of ether oxygens (including phenoxy) is 1. The first-order valence-corrected chi connectivity index (χ1v) is 13.8. The molecule has 0 saturated carbocycles. The smallest absolute Gasteiger partial charge is 0.338 e. The minimum Gasteiger partial charge on any atom is -0.462 e. The number of esters is 1. The summed E-state index contributed by atoms with van der Waals surface area (Å²) < 4.78 is 20.1. The van der Waals surface area contributed by atoms with E-state index >= 15 is 0 Å². The van der Waals surface area contributed by atoms with Gasteiger partial charge in [-0.15, -0.1) is 0 Å². The van der Waals surface area contributed by atoms with E-state index in [0.29, 0.717) is 41.8 Å². The zero-order valence-corrected chi connectivity index (χ0v) is 23.8. The Morgan fingerprint density at radius 1 is 1.02 bits per heavy atom. The van der Waals surface area contributed by atoms with Gasteiger partial charge in [0.05, 0.1) is 29.7 Å². The second-order valence-electron chi connectivity index (χ2n) is 11.3. The van der Waals surface area contributed by atoms with Crippen LogP contribution in [0.2, 0.25) is 0 Å². The van der Waals surface area contributed by atoms with Crippen LogP contribution in [-0.2, 0) is 14.9 Å². The fourth-order valence-electron chi connectivity index (χ4n) is 5.32. The highest BCUT2D eigenvalue weighted by molar-refractivity contribution is 5.98. The van der Waals surface area contributed by atoms with Gasteiger partial charge in [0.15, 0.2) is 0 Å². The van der Waals surface area contributed by atoms with Crippen molar-refractivity contribution in [2.24, 2.45) is 5.92 Å². The Hall–Kier alpha value is -4.00. The molecule has 0 aromatic heterocycles. The first kappa shape index (κ1) is 29.0. The number of aryl methyl sites for hydroxylation is 1. The zero-order valence-electron chi connectivity index (χ0n) is 23.8. The Balaban J connectivity index is 1.75. The van der Waals surface area contributed by atoms with Gasteiger partial charge in [-0.25, -0.2) is 9.18 Å². The van der Waals surface area contributed by atoms with E-state index in [0.717, 1.165) is 5.56 Å². The number of halogens is 1. The van der Waals surface area contributed by atoms with E-state index in [2.05, 4.69) is 26.1 Å². The fourth-order valence-corrected chi connectivity index (χ4v) is 5.32. The molecule has 0 bridgehead atoms. The Kier molecular flexibility index (Phi) is 8.72. The van der Waals surface area contributed by atoms with E-state index in [-0.39, 0.29) is 23.5 Å². The molecule has 4 rings (SSSR count). The molecule has 6 nitrogen and oxygen atoms in total.